The Kier molecular flexibility index (Phi) is 3.59. The molecule has 1 aromatic heterocycles. The fourth-order valence-electron chi connectivity index (χ4n) is 2.47. The minimum Gasteiger partial charge on any atom is -0.240 e. The maximum Gasteiger partial charge on any atom is 0.123 e. The van der Waals surface area contributed by atoms with Gasteiger partial charge in [0.1, 0.15) is 5.01 Å². The second-order valence-corrected chi connectivity index (χ2v) is 7.85. The average molecular weight is 296 g/mol. The third kappa shape index (κ3) is 3.01. The molecule has 1 aromatic carbocycles. The topological polar surface area (TPSA) is 36.7 Å². The van der Waals surface area contributed by atoms with Crippen LogP contribution in [0.4, 0.5) is 0 Å². The zero-order valence-corrected chi connectivity index (χ0v) is 13.6. The van der Waals surface area contributed by atoms with Gasteiger partial charge in [0.05, 0.1) is 18.2 Å². The Morgan fingerprint density at radius 3 is 2.43 bits per heavy atom. The maximum atomic E-state index is 8.98. The predicted molar refractivity (Wildman–Crippen MR) is 87.5 cm³/mol. The number of benzene rings is 1. The van der Waals surface area contributed by atoms with Gasteiger partial charge in [-0.3, -0.25) is 0 Å². The Balaban J connectivity index is 1.93. The van der Waals surface area contributed by atoms with E-state index in [4.69, 9.17) is 10.2 Å². The minimum atomic E-state index is 0.173. The molecular formula is C18H20N2S. The Labute approximate surface area is 130 Å². The van der Waals surface area contributed by atoms with Crippen LogP contribution >= 0.6 is 11.3 Å². The highest BCUT2D eigenvalue weighted by Gasteiger charge is 2.29. The van der Waals surface area contributed by atoms with Crippen molar-refractivity contribution in [1.29, 1.82) is 5.26 Å². The normalized spacial score (nSPS) is 15.0. The number of rotatable bonds is 3. The summed E-state index contributed by atoms with van der Waals surface area (Å²) >= 11 is 1.69. The standard InChI is InChI=1S/C18H20N2S/c1-18(2,3)14-8-6-13(7-9-14)17-20-16(12-4-5-12)15(21-17)10-11-19/h6-9,12H,4-5,10H2,1-3H3. The molecule has 1 aliphatic carbocycles. The van der Waals surface area contributed by atoms with Crippen LogP contribution in [0.5, 0.6) is 0 Å². The van der Waals surface area contributed by atoms with Gasteiger partial charge in [0.2, 0.25) is 0 Å². The molecule has 0 radical (unpaired) electrons. The van der Waals surface area contributed by atoms with E-state index in [-0.39, 0.29) is 5.41 Å². The molecular weight excluding hydrogens is 276 g/mol. The van der Waals surface area contributed by atoms with E-state index in [1.165, 1.54) is 29.7 Å². The molecule has 1 aliphatic rings. The summed E-state index contributed by atoms with van der Waals surface area (Å²) in [5.41, 5.74) is 3.85. The van der Waals surface area contributed by atoms with Crippen molar-refractivity contribution >= 4 is 11.3 Å². The lowest BCUT2D eigenvalue weighted by Gasteiger charge is -2.18. The van der Waals surface area contributed by atoms with Gasteiger partial charge in [0.15, 0.2) is 0 Å². The van der Waals surface area contributed by atoms with Crippen LogP contribution in [0.3, 0.4) is 0 Å². The zero-order valence-electron chi connectivity index (χ0n) is 12.8. The van der Waals surface area contributed by atoms with Gasteiger partial charge in [0.25, 0.3) is 0 Å². The Morgan fingerprint density at radius 1 is 1.24 bits per heavy atom. The van der Waals surface area contributed by atoms with Gasteiger partial charge in [-0.1, -0.05) is 45.0 Å². The molecule has 108 valence electrons. The van der Waals surface area contributed by atoms with Gasteiger partial charge in [-0.05, 0) is 23.8 Å². The molecule has 1 fully saturated rings. The summed E-state index contributed by atoms with van der Waals surface area (Å²) in [6.45, 7) is 6.67. The smallest absolute Gasteiger partial charge is 0.123 e. The van der Waals surface area contributed by atoms with Crippen molar-refractivity contribution < 1.29 is 0 Å². The van der Waals surface area contributed by atoms with Gasteiger partial charge in [-0.15, -0.1) is 11.3 Å². The number of hydrogen-bond acceptors (Lipinski definition) is 3. The molecule has 3 heteroatoms. The lowest BCUT2D eigenvalue weighted by Crippen LogP contribution is -2.10. The highest BCUT2D eigenvalue weighted by atomic mass is 32.1. The molecule has 0 aliphatic heterocycles. The molecule has 1 heterocycles. The quantitative estimate of drug-likeness (QED) is 0.794. The maximum absolute atomic E-state index is 8.98. The summed E-state index contributed by atoms with van der Waals surface area (Å²) in [5, 5.41) is 10.0. The summed E-state index contributed by atoms with van der Waals surface area (Å²) in [6, 6.07) is 11.0. The largest absolute Gasteiger partial charge is 0.240 e. The molecule has 0 unspecified atom stereocenters. The predicted octanol–water partition coefficient (Wildman–Crippen LogP) is 5.05. The highest BCUT2D eigenvalue weighted by molar-refractivity contribution is 7.15. The van der Waals surface area contributed by atoms with Crippen LogP contribution in [0, 0.1) is 11.3 Å². The first kappa shape index (κ1) is 14.3. The zero-order chi connectivity index (χ0) is 15.0. The van der Waals surface area contributed by atoms with E-state index in [1.54, 1.807) is 11.3 Å². The van der Waals surface area contributed by atoms with E-state index in [1.807, 2.05) is 0 Å². The van der Waals surface area contributed by atoms with Crippen LogP contribution in [0.15, 0.2) is 24.3 Å². The number of aromatic nitrogens is 1. The van der Waals surface area contributed by atoms with Crippen molar-refractivity contribution in [3.05, 3.63) is 40.4 Å². The number of nitriles is 1. The van der Waals surface area contributed by atoms with E-state index in [0.717, 1.165) is 9.88 Å². The monoisotopic (exact) mass is 296 g/mol. The highest BCUT2D eigenvalue weighted by Crippen LogP contribution is 2.44. The molecule has 2 aromatic rings. The van der Waals surface area contributed by atoms with E-state index >= 15 is 0 Å². The summed E-state index contributed by atoms with van der Waals surface area (Å²) in [4.78, 5) is 5.98. The molecule has 0 bridgehead atoms. The second kappa shape index (κ2) is 5.27. The van der Waals surface area contributed by atoms with Crippen molar-refractivity contribution in [1.82, 2.24) is 4.98 Å². The van der Waals surface area contributed by atoms with E-state index in [2.05, 4.69) is 51.1 Å². The molecule has 0 N–H and O–H groups in total. The summed E-state index contributed by atoms with van der Waals surface area (Å²) in [6.07, 6.45) is 2.94. The minimum absolute atomic E-state index is 0.173. The third-order valence-electron chi connectivity index (χ3n) is 3.93. The van der Waals surface area contributed by atoms with Crippen molar-refractivity contribution in [3.63, 3.8) is 0 Å². The fourth-order valence-corrected chi connectivity index (χ4v) is 3.56. The van der Waals surface area contributed by atoms with Crippen molar-refractivity contribution in [2.45, 2.75) is 51.4 Å². The molecule has 2 nitrogen and oxygen atoms in total. The van der Waals surface area contributed by atoms with Crippen molar-refractivity contribution in [2.75, 3.05) is 0 Å². The van der Waals surface area contributed by atoms with Crippen LogP contribution in [0.25, 0.3) is 10.6 Å². The van der Waals surface area contributed by atoms with Crippen molar-refractivity contribution in [3.8, 4) is 16.6 Å². The average Bonchev–Trinajstić information content (AvgIpc) is 3.20. The fraction of sp³-hybridized carbons (Fsp3) is 0.444. The molecule has 0 atom stereocenters. The van der Waals surface area contributed by atoms with Crippen molar-refractivity contribution in [2.24, 2.45) is 0 Å². The summed E-state index contributed by atoms with van der Waals surface area (Å²) in [5.74, 6) is 0.604. The molecule has 21 heavy (non-hydrogen) atoms. The lowest BCUT2D eigenvalue weighted by atomic mass is 9.87. The van der Waals surface area contributed by atoms with Crippen LogP contribution in [0.2, 0.25) is 0 Å². The molecule has 0 saturated heterocycles. The summed E-state index contributed by atoms with van der Waals surface area (Å²) in [7, 11) is 0. The first-order chi connectivity index (χ1) is 9.99. The Bertz CT molecular complexity index is 679. The second-order valence-electron chi connectivity index (χ2n) is 6.76. The molecule has 3 rings (SSSR count). The molecule has 1 saturated carbocycles. The number of thiazole rings is 1. The Hall–Kier alpha value is -1.66. The SMILES string of the molecule is CC(C)(C)c1ccc(-c2nc(C3CC3)c(CC#N)s2)cc1. The molecule has 0 amide bonds. The first-order valence-electron chi connectivity index (χ1n) is 7.46. The Morgan fingerprint density at radius 2 is 1.90 bits per heavy atom. The first-order valence-corrected chi connectivity index (χ1v) is 8.28. The van der Waals surface area contributed by atoms with Crippen LogP contribution in [-0.4, -0.2) is 4.98 Å². The van der Waals surface area contributed by atoms with Crippen LogP contribution in [-0.2, 0) is 11.8 Å². The van der Waals surface area contributed by atoms with Crippen LogP contribution < -0.4 is 0 Å². The third-order valence-corrected chi connectivity index (χ3v) is 5.05. The number of nitrogens with zero attached hydrogens (tertiary/aromatic N) is 2. The van der Waals surface area contributed by atoms with E-state index in [9.17, 15) is 0 Å². The van der Waals surface area contributed by atoms with Gasteiger partial charge >= 0.3 is 0 Å². The van der Waals surface area contributed by atoms with Gasteiger partial charge < -0.3 is 0 Å². The summed E-state index contributed by atoms with van der Waals surface area (Å²) < 4.78 is 0. The lowest BCUT2D eigenvalue weighted by molar-refractivity contribution is 0.590. The van der Waals surface area contributed by atoms with Gasteiger partial charge in [0, 0.05) is 16.4 Å². The molecule has 0 spiro atoms. The van der Waals surface area contributed by atoms with E-state index < -0.39 is 0 Å². The van der Waals surface area contributed by atoms with Crippen LogP contribution in [0.1, 0.15) is 55.7 Å². The van der Waals surface area contributed by atoms with Gasteiger partial charge in [-0.25, -0.2) is 4.98 Å². The number of hydrogen-bond donors (Lipinski definition) is 0. The van der Waals surface area contributed by atoms with Gasteiger partial charge in [-0.2, -0.15) is 5.26 Å². The van der Waals surface area contributed by atoms with E-state index in [0.29, 0.717) is 12.3 Å².